The topological polar surface area (TPSA) is 61.9 Å². The Morgan fingerprint density at radius 2 is 2.36 bits per heavy atom. The number of aliphatic hydroxyl groups is 1. The van der Waals surface area contributed by atoms with E-state index in [0.29, 0.717) is 6.54 Å². The molecule has 0 aliphatic heterocycles. The third-order valence-electron chi connectivity index (χ3n) is 2.32. The van der Waals surface area contributed by atoms with E-state index in [-0.39, 0.29) is 5.17 Å². The average molecular weight is 216 g/mol. The normalized spacial score (nSPS) is 14.0. The maximum Gasteiger partial charge on any atom is 0.105 e. The predicted octanol–water partition coefficient (Wildman–Crippen LogP) is 1.49. The number of rotatable bonds is 4. The molecule has 78 valence electrons. The molecule has 0 aliphatic carbocycles. The van der Waals surface area contributed by atoms with Crippen LogP contribution < -0.4 is 0 Å². The monoisotopic (exact) mass is 215 g/mol. The molecule has 1 unspecified atom stereocenters. The summed E-state index contributed by atoms with van der Waals surface area (Å²) in [5.41, 5.74) is -0.729. The van der Waals surface area contributed by atoms with E-state index in [9.17, 15) is 5.11 Å². The van der Waals surface area contributed by atoms with E-state index in [1.54, 1.807) is 37.0 Å². The third kappa shape index (κ3) is 2.33. The van der Waals surface area contributed by atoms with Crippen molar-refractivity contribution in [2.45, 2.75) is 26.5 Å². The fourth-order valence-electron chi connectivity index (χ4n) is 0.960. The Morgan fingerprint density at radius 1 is 1.71 bits per heavy atom. The number of halogens is 1. The molecule has 0 saturated heterocycles. The van der Waals surface area contributed by atoms with Gasteiger partial charge in [-0.3, -0.25) is 10.1 Å². The predicted molar refractivity (Wildman–Crippen MR) is 55.6 cm³/mol. The van der Waals surface area contributed by atoms with E-state index in [1.807, 2.05) is 0 Å². The number of hydrogen-bond donors (Lipinski definition) is 2. The molecule has 14 heavy (non-hydrogen) atoms. The number of nitrogens with one attached hydrogen (secondary N) is 1. The Kier molecular flexibility index (Phi) is 3.29. The Morgan fingerprint density at radius 3 is 2.79 bits per heavy atom. The summed E-state index contributed by atoms with van der Waals surface area (Å²) in [5, 5.41) is 21.1. The lowest BCUT2D eigenvalue weighted by molar-refractivity contribution is 0.0746. The van der Waals surface area contributed by atoms with Crippen LogP contribution in [0.3, 0.4) is 0 Å². The molecule has 0 bridgehead atoms. The zero-order valence-corrected chi connectivity index (χ0v) is 8.99. The zero-order valence-electron chi connectivity index (χ0n) is 8.24. The minimum absolute atomic E-state index is 0.0443. The van der Waals surface area contributed by atoms with Crippen molar-refractivity contribution >= 4 is 16.8 Å². The number of aromatic nitrogens is 2. The molecule has 1 aromatic heterocycles. The van der Waals surface area contributed by atoms with Crippen LogP contribution in [0.1, 0.15) is 13.8 Å². The van der Waals surface area contributed by atoms with Gasteiger partial charge in [0.2, 0.25) is 0 Å². The highest BCUT2D eigenvalue weighted by Gasteiger charge is 2.31. The molecule has 1 aromatic rings. The first-order valence-corrected chi connectivity index (χ1v) is 4.72. The minimum Gasteiger partial charge on any atom is -0.390 e. The molecule has 0 saturated carbocycles. The summed E-state index contributed by atoms with van der Waals surface area (Å²) in [5.74, 6) is 0. The van der Waals surface area contributed by atoms with Crippen LogP contribution in [0.25, 0.3) is 0 Å². The van der Waals surface area contributed by atoms with E-state index < -0.39 is 11.5 Å². The molecule has 1 heterocycles. The van der Waals surface area contributed by atoms with Crippen molar-refractivity contribution in [3.8, 4) is 0 Å². The van der Waals surface area contributed by atoms with Gasteiger partial charge in [0.1, 0.15) is 5.17 Å². The van der Waals surface area contributed by atoms with E-state index in [1.165, 1.54) is 0 Å². The molecule has 2 N–H and O–H groups in total. The second-order valence-corrected chi connectivity index (χ2v) is 4.16. The first kappa shape index (κ1) is 11.2. The molecule has 0 fully saturated rings. The fraction of sp³-hybridized carbons (Fsp3) is 0.556. The van der Waals surface area contributed by atoms with E-state index in [0.717, 1.165) is 0 Å². The van der Waals surface area contributed by atoms with Crippen LogP contribution in [0, 0.1) is 10.8 Å². The summed E-state index contributed by atoms with van der Waals surface area (Å²) in [6, 6.07) is 1.78. The molecular formula is C9H14ClN3O. The van der Waals surface area contributed by atoms with Crippen LogP contribution in [0.2, 0.25) is 0 Å². The van der Waals surface area contributed by atoms with Crippen LogP contribution in [-0.4, -0.2) is 26.2 Å². The van der Waals surface area contributed by atoms with Gasteiger partial charge < -0.3 is 5.11 Å². The Balaban J connectivity index is 2.67. The lowest BCUT2D eigenvalue weighted by atomic mass is 9.87. The quantitative estimate of drug-likeness (QED) is 0.748. The van der Waals surface area contributed by atoms with Crippen LogP contribution in [0.4, 0.5) is 0 Å². The highest BCUT2D eigenvalue weighted by atomic mass is 35.5. The van der Waals surface area contributed by atoms with Gasteiger partial charge in [-0.2, -0.15) is 5.10 Å². The zero-order chi connectivity index (χ0) is 10.8. The summed E-state index contributed by atoms with van der Waals surface area (Å²) in [7, 11) is 0. The minimum atomic E-state index is -0.729. The van der Waals surface area contributed by atoms with Crippen molar-refractivity contribution in [2.75, 3.05) is 0 Å². The van der Waals surface area contributed by atoms with Gasteiger partial charge in [-0.1, -0.05) is 25.4 Å². The standard InChI is InChI=1S/C9H14ClN3O/c1-9(2,8(10)11)7(14)6-13-5-3-4-12-13/h3-5,7,11,14H,6H2,1-2H3. The number of aliphatic hydroxyl groups excluding tert-OH is 1. The highest BCUT2D eigenvalue weighted by molar-refractivity contribution is 6.65. The molecular weight excluding hydrogens is 202 g/mol. The number of hydrogen-bond acceptors (Lipinski definition) is 3. The summed E-state index contributed by atoms with van der Waals surface area (Å²) >= 11 is 5.60. The first-order chi connectivity index (χ1) is 6.44. The van der Waals surface area contributed by atoms with Crippen molar-refractivity contribution in [3.05, 3.63) is 18.5 Å². The average Bonchev–Trinajstić information content (AvgIpc) is 2.56. The van der Waals surface area contributed by atoms with Gasteiger partial charge in [0.05, 0.1) is 12.6 Å². The molecule has 0 radical (unpaired) electrons. The van der Waals surface area contributed by atoms with Crippen LogP contribution >= 0.6 is 11.6 Å². The molecule has 1 atom stereocenters. The third-order valence-corrected chi connectivity index (χ3v) is 2.81. The largest absolute Gasteiger partial charge is 0.390 e. The van der Waals surface area contributed by atoms with Gasteiger partial charge >= 0.3 is 0 Å². The Bertz CT molecular complexity index is 308. The molecule has 5 heteroatoms. The van der Waals surface area contributed by atoms with E-state index >= 15 is 0 Å². The SMILES string of the molecule is CC(C)(C(=N)Cl)C(O)Cn1cccn1. The molecule has 0 amide bonds. The van der Waals surface area contributed by atoms with Crippen LogP contribution in [0.5, 0.6) is 0 Å². The van der Waals surface area contributed by atoms with Gasteiger partial charge in [0.15, 0.2) is 0 Å². The van der Waals surface area contributed by atoms with Gasteiger partial charge in [-0.05, 0) is 6.07 Å². The number of nitrogens with zero attached hydrogens (tertiary/aromatic N) is 2. The van der Waals surface area contributed by atoms with Crippen molar-refractivity contribution < 1.29 is 5.11 Å². The molecule has 0 aromatic carbocycles. The van der Waals surface area contributed by atoms with Crippen molar-refractivity contribution in [3.63, 3.8) is 0 Å². The van der Waals surface area contributed by atoms with Gasteiger partial charge in [-0.25, -0.2) is 0 Å². The van der Waals surface area contributed by atoms with E-state index in [4.69, 9.17) is 17.0 Å². The molecule has 1 rings (SSSR count). The van der Waals surface area contributed by atoms with Crippen molar-refractivity contribution in [1.29, 1.82) is 5.41 Å². The van der Waals surface area contributed by atoms with Gasteiger partial charge in [-0.15, -0.1) is 0 Å². The van der Waals surface area contributed by atoms with Gasteiger partial charge in [0.25, 0.3) is 0 Å². The van der Waals surface area contributed by atoms with Gasteiger partial charge in [0, 0.05) is 17.8 Å². The smallest absolute Gasteiger partial charge is 0.105 e. The van der Waals surface area contributed by atoms with Crippen molar-refractivity contribution in [2.24, 2.45) is 5.41 Å². The lowest BCUT2D eigenvalue weighted by Gasteiger charge is -2.28. The lowest BCUT2D eigenvalue weighted by Crippen LogP contribution is -2.37. The Labute approximate surface area is 88.0 Å². The second-order valence-electron chi connectivity index (χ2n) is 3.78. The van der Waals surface area contributed by atoms with Crippen LogP contribution in [0.15, 0.2) is 18.5 Å². The maximum atomic E-state index is 9.83. The summed E-state index contributed by atoms with van der Waals surface area (Å²) < 4.78 is 1.62. The second kappa shape index (κ2) is 4.11. The molecule has 0 aliphatic rings. The van der Waals surface area contributed by atoms with Crippen LogP contribution in [-0.2, 0) is 6.54 Å². The summed E-state index contributed by atoms with van der Waals surface area (Å²) in [4.78, 5) is 0. The first-order valence-electron chi connectivity index (χ1n) is 4.34. The Hall–Kier alpha value is -0.870. The maximum absolute atomic E-state index is 9.83. The fourth-order valence-corrected chi connectivity index (χ4v) is 1.09. The van der Waals surface area contributed by atoms with Crippen molar-refractivity contribution in [1.82, 2.24) is 9.78 Å². The molecule has 4 nitrogen and oxygen atoms in total. The molecule has 0 spiro atoms. The summed E-state index contributed by atoms with van der Waals surface area (Å²) in [6.45, 7) is 3.81. The highest BCUT2D eigenvalue weighted by Crippen LogP contribution is 2.25. The van der Waals surface area contributed by atoms with E-state index in [2.05, 4.69) is 5.10 Å². The summed E-state index contributed by atoms with van der Waals surface area (Å²) in [6.07, 6.45) is 2.69.